The van der Waals surface area contributed by atoms with E-state index < -0.39 is 5.97 Å². The molecule has 0 aliphatic carbocycles. The Morgan fingerprint density at radius 2 is 2.26 bits per heavy atom. The molecule has 2 N–H and O–H groups in total. The second-order valence-electron chi connectivity index (χ2n) is 4.46. The highest BCUT2D eigenvalue weighted by Gasteiger charge is 2.21. The van der Waals surface area contributed by atoms with Crippen molar-refractivity contribution < 1.29 is 14.7 Å². The van der Waals surface area contributed by atoms with Crippen molar-refractivity contribution in [2.75, 3.05) is 6.54 Å². The Kier molecular flexibility index (Phi) is 5.35. The van der Waals surface area contributed by atoms with Crippen LogP contribution in [0.4, 0.5) is 4.79 Å². The van der Waals surface area contributed by atoms with Crippen molar-refractivity contribution in [3.05, 3.63) is 18.0 Å². The number of carbonyl (C=O) groups is 2. The van der Waals surface area contributed by atoms with Gasteiger partial charge < -0.3 is 15.3 Å². The Morgan fingerprint density at radius 3 is 2.74 bits per heavy atom. The number of carboxylic acids is 1. The molecule has 0 saturated carbocycles. The van der Waals surface area contributed by atoms with Gasteiger partial charge in [0.2, 0.25) is 0 Å². The molecule has 19 heavy (non-hydrogen) atoms. The van der Waals surface area contributed by atoms with Crippen LogP contribution in [0.5, 0.6) is 0 Å². The lowest BCUT2D eigenvalue weighted by atomic mass is 10.2. The van der Waals surface area contributed by atoms with Gasteiger partial charge in [0.15, 0.2) is 0 Å². The van der Waals surface area contributed by atoms with Crippen molar-refractivity contribution in [2.45, 2.75) is 32.9 Å². The SMILES string of the molecule is CCC(C)N(CC(=O)O)C(=O)NCc1cnn(C)c1. The third-order valence-corrected chi connectivity index (χ3v) is 2.89. The number of aliphatic carboxylic acids is 1. The normalized spacial score (nSPS) is 11.9. The highest BCUT2D eigenvalue weighted by Crippen LogP contribution is 2.04. The molecule has 1 rings (SSSR count). The van der Waals surface area contributed by atoms with Crippen molar-refractivity contribution >= 4 is 12.0 Å². The van der Waals surface area contributed by atoms with E-state index in [1.807, 2.05) is 13.8 Å². The van der Waals surface area contributed by atoms with E-state index in [-0.39, 0.29) is 18.6 Å². The molecule has 0 spiro atoms. The summed E-state index contributed by atoms with van der Waals surface area (Å²) in [4.78, 5) is 24.1. The number of amides is 2. The van der Waals surface area contributed by atoms with E-state index in [4.69, 9.17) is 5.11 Å². The first kappa shape index (κ1) is 15.0. The molecule has 0 radical (unpaired) electrons. The summed E-state index contributed by atoms with van der Waals surface area (Å²) in [5.41, 5.74) is 0.871. The van der Waals surface area contributed by atoms with E-state index in [9.17, 15) is 9.59 Å². The minimum atomic E-state index is -1.02. The van der Waals surface area contributed by atoms with Gasteiger partial charge in [-0.25, -0.2) is 4.79 Å². The number of aryl methyl sites for hydroxylation is 1. The minimum absolute atomic E-state index is 0.120. The Labute approximate surface area is 112 Å². The van der Waals surface area contributed by atoms with E-state index in [1.165, 1.54) is 4.90 Å². The van der Waals surface area contributed by atoms with Gasteiger partial charge in [-0.2, -0.15) is 5.10 Å². The maximum atomic E-state index is 12.0. The molecular formula is C12H20N4O3. The molecule has 0 aromatic carbocycles. The largest absolute Gasteiger partial charge is 0.480 e. The van der Waals surface area contributed by atoms with Crippen LogP contribution in [-0.2, 0) is 18.4 Å². The number of hydrogen-bond acceptors (Lipinski definition) is 3. The number of nitrogens with zero attached hydrogens (tertiary/aromatic N) is 3. The second kappa shape index (κ2) is 6.77. The standard InChI is InChI=1S/C12H20N4O3/c1-4-9(2)16(8-11(17)18)12(19)13-5-10-6-14-15(3)7-10/h6-7,9H,4-5,8H2,1-3H3,(H,13,19)(H,17,18). The molecule has 7 heteroatoms. The van der Waals surface area contributed by atoms with Gasteiger partial charge in [0.25, 0.3) is 0 Å². The van der Waals surface area contributed by atoms with Crippen LogP contribution >= 0.6 is 0 Å². The maximum absolute atomic E-state index is 12.0. The smallest absolute Gasteiger partial charge is 0.323 e. The van der Waals surface area contributed by atoms with Crippen LogP contribution in [0.15, 0.2) is 12.4 Å². The summed E-state index contributed by atoms with van der Waals surface area (Å²) in [5.74, 6) is -1.02. The minimum Gasteiger partial charge on any atom is -0.480 e. The summed E-state index contributed by atoms with van der Waals surface area (Å²) in [6, 6.07) is -0.495. The van der Waals surface area contributed by atoms with Gasteiger partial charge in [-0.15, -0.1) is 0 Å². The Morgan fingerprint density at radius 1 is 1.58 bits per heavy atom. The molecule has 0 fully saturated rings. The highest BCUT2D eigenvalue weighted by atomic mass is 16.4. The van der Waals surface area contributed by atoms with Crippen LogP contribution in [0.2, 0.25) is 0 Å². The number of hydrogen-bond donors (Lipinski definition) is 2. The van der Waals surface area contributed by atoms with E-state index >= 15 is 0 Å². The van der Waals surface area contributed by atoms with Gasteiger partial charge in [-0.1, -0.05) is 6.92 Å². The average molecular weight is 268 g/mol. The van der Waals surface area contributed by atoms with Crippen molar-refractivity contribution in [2.24, 2.45) is 7.05 Å². The lowest BCUT2D eigenvalue weighted by Crippen LogP contribution is -2.47. The quantitative estimate of drug-likeness (QED) is 0.799. The molecule has 1 unspecified atom stereocenters. The molecule has 7 nitrogen and oxygen atoms in total. The summed E-state index contributed by atoms with van der Waals surface area (Å²) in [7, 11) is 1.79. The summed E-state index contributed by atoms with van der Waals surface area (Å²) in [6.07, 6.45) is 4.16. The Bertz CT molecular complexity index is 444. The van der Waals surface area contributed by atoms with Crippen molar-refractivity contribution in [3.8, 4) is 0 Å². The van der Waals surface area contributed by atoms with Crippen molar-refractivity contribution in [1.29, 1.82) is 0 Å². The van der Waals surface area contributed by atoms with Gasteiger partial charge in [0.1, 0.15) is 6.54 Å². The molecule has 0 aliphatic rings. The highest BCUT2D eigenvalue weighted by molar-refractivity contribution is 5.80. The maximum Gasteiger partial charge on any atom is 0.323 e. The molecule has 1 heterocycles. The lowest BCUT2D eigenvalue weighted by molar-refractivity contribution is -0.138. The third kappa shape index (κ3) is 4.61. The van der Waals surface area contributed by atoms with Gasteiger partial charge in [-0.3, -0.25) is 9.48 Å². The summed E-state index contributed by atoms with van der Waals surface area (Å²) in [6.45, 7) is 3.77. The first-order valence-electron chi connectivity index (χ1n) is 6.17. The Balaban J connectivity index is 2.58. The van der Waals surface area contributed by atoms with Crippen molar-refractivity contribution in [1.82, 2.24) is 20.0 Å². The zero-order valence-electron chi connectivity index (χ0n) is 11.5. The number of rotatable bonds is 6. The summed E-state index contributed by atoms with van der Waals surface area (Å²) >= 11 is 0. The lowest BCUT2D eigenvalue weighted by Gasteiger charge is -2.26. The van der Waals surface area contributed by atoms with E-state index in [1.54, 1.807) is 24.1 Å². The monoisotopic (exact) mass is 268 g/mol. The first-order valence-corrected chi connectivity index (χ1v) is 6.17. The molecule has 0 bridgehead atoms. The molecule has 1 aromatic rings. The molecule has 2 amide bonds. The molecular weight excluding hydrogens is 248 g/mol. The van der Waals surface area contributed by atoms with Crippen LogP contribution < -0.4 is 5.32 Å². The number of urea groups is 1. The van der Waals surface area contributed by atoms with Crippen LogP contribution in [0.1, 0.15) is 25.8 Å². The Hall–Kier alpha value is -2.05. The number of carboxylic acid groups (broad SMARTS) is 1. The number of aromatic nitrogens is 2. The van der Waals surface area contributed by atoms with Gasteiger partial charge in [-0.05, 0) is 13.3 Å². The average Bonchev–Trinajstić information content (AvgIpc) is 2.77. The van der Waals surface area contributed by atoms with Crippen LogP contribution in [-0.4, -0.2) is 44.4 Å². The van der Waals surface area contributed by atoms with Crippen LogP contribution in [0.3, 0.4) is 0 Å². The predicted octanol–water partition coefficient (Wildman–Crippen LogP) is 0.815. The van der Waals surface area contributed by atoms with E-state index in [0.29, 0.717) is 13.0 Å². The predicted molar refractivity (Wildman–Crippen MR) is 69.5 cm³/mol. The fraction of sp³-hybridized carbons (Fsp3) is 0.583. The molecule has 0 aliphatic heterocycles. The van der Waals surface area contributed by atoms with Gasteiger partial charge >= 0.3 is 12.0 Å². The molecule has 106 valence electrons. The summed E-state index contributed by atoms with van der Waals surface area (Å²) in [5, 5.41) is 15.5. The van der Waals surface area contributed by atoms with Gasteiger partial charge in [0.05, 0.1) is 6.20 Å². The van der Waals surface area contributed by atoms with Crippen LogP contribution in [0, 0.1) is 0 Å². The zero-order valence-corrected chi connectivity index (χ0v) is 11.5. The first-order chi connectivity index (χ1) is 8.93. The van der Waals surface area contributed by atoms with E-state index in [0.717, 1.165) is 5.56 Å². The fourth-order valence-corrected chi connectivity index (χ4v) is 1.64. The summed E-state index contributed by atoms with van der Waals surface area (Å²) < 4.78 is 1.64. The second-order valence-corrected chi connectivity index (χ2v) is 4.46. The zero-order chi connectivity index (χ0) is 14.4. The van der Waals surface area contributed by atoms with Gasteiger partial charge in [0, 0.05) is 31.4 Å². The van der Waals surface area contributed by atoms with E-state index in [2.05, 4.69) is 10.4 Å². The van der Waals surface area contributed by atoms with Crippen LogP contribution in [0.25, 0.3) is 0 Å². The molecule has 0 saturated heterocycles. The molecule has 1 aromatic heterocycles. The number of nitrogens with one attached hydrogen (secondary N) is 1. The van der Waals surface area contributed by atoms with Crippen molar-refractivity contribution in [3.63, 3.8) is 0 Å². The topological polar surface area (TPSA) is 87.5 Å². The number of carbonyl (C=O) groups excluding carboxylic acids is 1. The fourth-order valence-electron chi connectivity index (χ4n) is 1.64. The third-order valence-electron chi connectivity index (χ3n) is 2.89. The molecule has 1 atom stereocenters.